The van der Waals surface area contributed by atoms with E-state index in [9.17, 15) is 13.2 Å². The lowest BCUT2D eigenvalue weighted by molar-refractivity contribution is -0.116. The van der Waals surface area contributed by atoms with E-state index in [1.165, 1.54) is 30.7 Å². The Balaban J connectivity index is 1.90. The number of amides is 1. The van der Waals surface area contributed by atoms with Gasteiger partial charge in [0.15, 0.2) is 11.5 Å². The van der Waals surface area contributed by atoms with Gasteiger partial charge < -0.3 is 14.8 Å². The number of hydrogen-bond acceptors (Lipinski definition) is 5. The Labute approximate surface area is 190 Å². The van der Waals surface area contributed by atoms with Crippen LogP contribution in [0.2, 0.25) is 0 Å². The number of hydrogen-bond donors (Lipinski definition) is 1. The van der Waals surface area contributed by atoms with Crippen molar-refractivity contribution < 1.29 is 22.7 Å². The molecule has 7 nitrogen and oxygen atoms in total. The Kier molecular flexibility index (Phi) is 7.79. The van der Waals surface area contributed by atoms with Crippen LogP contribution in [-0.4, -0.2) is 45.4 Å². The number of anilines is 1. The van der Waals surface area contributed by atoms with Crippen molar-refractivity contribution in [1.82, 2.24) is 4.31 Å². The summed E-state index contributed by atoms with van der Waals surface area (Å²) in [4.78, 5) is 13.0. The van der Waals surface area contributed by atoms with Crippen molar-refractivity contribution >= 4 is 21.6 Å². The van der Waals surface area contributed by atoms with Crippen LogP contribution in [0.1, 0.15) is 43.2 Å². The molecule has 0 unspecified atom stereocenters. The molecule has 2 aromatic carbocycles. The number of carbonyl (C=O) groups excluding carboxylic acids is 1. The Bertz CT molecular complexity index is 1040. The van der Waals surface area contributed by atoms with Gasteiger partial charge in [0.2, 0.25) is 15.9 Å². The van der Waals surface area contributed by atoms with Gasteiger partial charge in [-0.3, -0.25) is 4.79 Å². The smallest absolute Gasteiger partial charge is 0.243 e. The SMILES string of the molecule is COc1ccc(S(=O)(=O)N(CC(=O)Nc2cc(C)cc(C)c2)C2CCCCC2)cc1OC. The van der Waals surface area contributed by atoms with E-state index in [1.807, 2.05) is 32.0 Å². The predicted molar refractivity (Wildman–Crippen MR) is 125 cm³/mol. The summed E-state index contributed by atoms with van der Waals surface area (Å²) in [6.07, 6.45) is 4.45. The number of nitrogens with one attached hydrogen (secondary N) is 1. The van der Waals surface area contributed by atoms with Crippen LogP contribution in [0.25, 0.3) is 0 Å². The van der Waals surface area contributed by atoms with Crippen LogP contribution >= 0.6 is 0 Å². The van der Waals surface area contributed by atoms with E-state index >= 15 is 0 Å². The number of ether oxygens (including phenoxy) is 2. The fraction of sp³-hybridized carbons (Fsp3) is 0.458. The summed E-state index contributed by atoms with van der Waals surface area (Å²) in [5.41, 5.74) is 2.73. The zero-order valence-electron chi connectivity index (χ0n) is 19.2. The molecular weight excluding hydrogens is 428 g/mol. The summed E-state index contributed by atoms with van der Waals surface area (Å²) in [7, 11) is -0.965. The van der Waals surface area contributed by atoms with Crippen LogP contribution in [0.15, 0.2) is 41.3 Å². The quantitative estimate of drug-likeness (QED) is 0.635. The highest BCUT2D eigenvalue weighted by molar-refractivity contribution is 7.89. The van der Waals surface area contributed by atoms with E-state index in [1.54, 1.807) is 6.07 Å². The topological polar surface area (TPSA) is 84.9 Å². The lowest BCUT2D eigenvalue weighted by Crippen LogP contribution is -2.45. The number of aryl methyl sites for hydroxylation is 2. The Morgan fingerprint density at radius 2 is 1.59 bits per heavy atom. The highest BCUT2D eigenvalue weighted by Gasteiger charge is 2.34. The highest BCUT2D eigenvalue weighted by Crippen LogP contribution is 2.33. The summed E-state index contributed by atoms with van der Waals surface area (Å²) in [6, 6.07) is 10.1. The molecule has 0 heterocycles. The molecule has 8 heteroatoms. The molecule has 0 spiro atoms. The van der Waals surface area contributed by atoms with Crippen LogP contribution in [0, 0.1) is 13.8 Å². The average molecular weight is 461 g/mol. The Morgan fingerprint density at radius 1 is 0.969 bits per heavy atom. The van der Waals surface area contributed by atoms with E-state index in [-0.39, 0.29) is 23.4 Å². The molecule has 1 aliphatic rings. The van der Waals surface area contributed by atoms with Crippen LogP contribution in [0.4, 0.5) is 5.69 Å². The molecule has 2 aromatic rings. The number of carbonyl (C=O) groups is 1. The number of benzene rings is 2. The van der Waals surface area contributed by atoms with E-state index < -0.39 is 10.0 Å². The zero-order valence-corrected chi connectivity index (χ0v) is 20.0. The molecular formula is C24H32N2O5S. The molecule has 1 aliphatic carbocycles. The molecule has 174 valence electrons. The van der Waals surface area contributed by atoms with Gasteiger partial charge in [0.25, 0.3) is 0 Å². The molecule has 0 aliphatic heterocycles. The van der Waals surface area contributed by atoms with Gasteiger partial charge >= 0.3 is 0 Å². The zero-order chi connectivity index (χ0) is 23.3. The second kappa shape index (κ2) is 10.4. The monoisotopic (exact) mass is 460 g/mol. The molecule has 1 amide bonds. The maximum atomic E-state index is 13.6. The first-order valence-corrected chi connectivity index (χ1v) is 12.3. The lowest BCUT2D eigenvalue weighted by atomic mass is 9.95. The average Bonchev–Trinajstić information content (AvgIpc) is 2.76. The first-order chi connectivity index (χ1) is 15.2. The van der Waals surface area contributed by atoms with E-state index in [0.717, 1.165) is 43.2 Å². The maximum absolute atomic E-state index is 13.6. The van der Waals surface area contributed by atoms with Gasteiger partial charge in [0.1, 0.15) is 0 Å². The van der Waals surface area contributed by atoms with Crippen molar-refractivity contribution in [3.8, 4) is 11.5 Å². The lowest BCUT2D eigenvalue weighted by Gasteiger charge is -2.33. The van der Waals surface area contributed by atoms with Crippen LogP contribution in [0.5, 0.6) is 11.5 Å². The van der Waals surface area contributed by atoms with Crippen molar-refractivity contribution in [2.75, 3.05) is 26.1 Å². The molecule has 1 fully saturated rings. The van der Waals surface area contributed by atoms with Crippen LogP contribution in [0.3, 0.4) is 0 Å². The standard InChI is InChI=1S/C24H32N2O5S/c1-17-12-18(2)14-19(13-17)25-24(27)16-26(20-8-6-5-7-9-20)32(28,29)21-10-11-22(30-3)23(15-21)31-4/h10-15,20H,5-9,16H2,1-4H3,(H,25,27). The van der Waals surface area contributed by atoms with Gasteiger partial charge in [-0.1, -0.05) is 25.3 Å². The molecule has 0 saturated heterocycles. The molecule has 0 atom stereocenters. The maximum Gasteiger partial charge on any atom is 0.243 e. The third-order valence-corrected chi connectivity index (χ3v) is 7.64. The van der Waals surface area contributed by atoms with Gasteiger partial charge in [-0.25, -0.2) is 8.42 Å². The van der Waals surface area contributed by atoms with Crippen molar-refractivity contribution in [3.05, 3.63) is 47.5 Å². The van der Waals surface area contributed by atoms with E-state index in [4.69, 9.17) is 9.47 Å². The number of methoxy groups -OCH3 is 2. The minimum Gasteiger partial charge on any atom is -0.493 e. The van der Waals surface area contributed by atoms with Gasteiger partial charge in [0, 0.05) is 17.8 Å². The minimum absolute atomic E-state index is 0.0833. The highest BCUT2D eigenvalue weighted by atomic mass is 32.2. The molecule has 0 bridgehead atoms. The largest absolute Gasteiger partial charge is 0.493 e. The molecule has 32 heavy (non-hydrogen) atoms. The van der Waals surface area contributed by atoms with Crippen molar-refractivity contribution in [2.24, 2.45) is 0 Å². The molecule has 1 saturated carbocycles. The number of sulfonamides is 1. The Morgan fingerprint density at radius 3 is 2.19 bits per heavy atom. The molecule has 0 radical (unpaired) electrons. The first-order valence-electron chi connectivity index (χ1n) is 10.9. The van der Waals surface area contributed by atoms with E-state index in [0.29, 0.717) is 17.2 Å². The molecule has 1 N–H and O–H groups in total. The normalized spacial score (nSPS) is 14.9. The summed E-state index contributed by atoms with van der Waals surface area (Å²) >= 11 is 0. The third-order valence-electron chi connectivity index (χ3n) is 5.75. The second-order valence-corrected chi connectivity index (χ2v) is 10.2. The van der Waals surface area contributed by atoms with Crippen molar-refractivity contribution in [2.45, 2.75) is 56.9 Å². The second-order valence-electron chi connectivity index (χ2n) is 8.28. The van der Waals surface area contributed by atoms with Crippen LogP contribution < -0.4 is 14.8 Å². The summed E-state index contributed by atoms with van der Waals surface area (Å²) in [5.74, 6) is 0.421. The summed E-state index contributed by atoms with van der Waals surface area (Å²) in [6.45, 7) is 3.67. The molecule has 0 aromatic heterocycles. The van der Waals surface area contributed by atoms with Crippen LogP contribution in [-0.2, 0) is 14.8 Å². The number of nitrogens with zero attached hydrogens (tertiary/aromatic N) is 1. The third kappa shape index (κ3) is 5.61. The van der Waals surface area contributed by atoms with Gasteiger partial charge in [-0.15, -0.1) is 0 Å². The minimum atomic E-state index is -3.93. The predicted octanol–water partition coefficient (Wildman–Crippen LogP) is 4.28. The summed E-state index contributed by atoms with van der Waals surface area (Å²) < 4.78 is 39.2. The van der Waals surface area contributed by atoms with Crippen molar-refractivity contribution in [3.63, 3.8) is 0 Å². The molecule has 3 rings (SSSR count). The Hall–Kier alpha value is -2.58. The van der Waals surface area contributed by atoms with Gasteiger partial charge in [-0.2, -0.15) is 4.31 Å². The summed E-state index contributed by atoms with van der Waals surface area (Å²) in [5, 5.41) is 2.87. The van der Waals surface area contributed by atoms with Gasteiger partial charge in [-0.05, 0) is 62.1 Å². The van der Waals surface area contributed by atoms with Crippen molar-refractivity contribution in [1.29, 1.82) is 0 Å². The fourth-order valence-corrected chi connectivity index (χ4v) is 5.94. The van der Waals surface area contributed by atoms with Gasteiger partial charge in [0.05, 0.1) is 25.7 Å². The fourth-order valence-electron chi connectivity index (χ4n) is 4.28. The first kappa shape index (κ1) is 24.1. The number of rotatable bonds is 8. The van der Waals surface area contributed by atoms with E-state index in [2.05, 4.69) is 5.32 Å².